The fraction of sp³-hybridized carbons (Fsp3) is 0.560. The number of benzene rings is 1. The van der Waals surface area contributed by atoms with Crippen LogP contribution in [0.2, 0.25) is 0 Å². The summed E-state index contributed by atoms with van der Waals surface area (Å²) in [5.74, 6) is 2.17. The van der Waals surface area contributed by atoms with E-state index < -0.39 is 0 Å². The highest BCUT2D eigenvalue weighted by molar-refractivity contribution is 5.79. The SMILES string of the molecule is CN(C[C@@H]1COCCO1)C(=O)C1CCN(c2nc(-c3ccccc3)nc3c2CCC3)CC1. The van der Waals surface area contributed by atoms with Crippen LogP contribution in [0.1, 0.15) is 30.5 Å². The number of likely N-dealkylation sites (N-methyl/N-ethyl adjacent to an activating group) is 1. The van der Waals surface area contributed by atoms with Gasteiger partial charge in [-0.05, 0) is 32.1 Å². The smallest absolute Gasteiger partial charge is 0.225 e. The molecule has 2 saturated heterocycles. The summed E-state index contributed by atoms with van der Waals surface area (Å²) in [4.78, 5) is 27.1. The van der Waals surface area contributed by atoms with Gasteiger partial charge in [0, 0.05) is 49.4 Å². The van der Waals surface area contributed by atoms with E-state index in [0.717, 1.165) is 62.4 Å². The van der Waals surface area contributed by atoms with Crippen LogP contribution in [-0.4, -0.2) is 73.4 Å². The van der Waals surface area contributed by atoms with Gasteiger partial charge in [0.2, 0.25) is 5.91 Å². The highest BCUT2D eigenvalue weighted by atomic mass is 16.6. The van der Waals surface area contributed by atoms with Gasteiger partial charge in [-0.2, -0.15) is 0 Å². The fourth-order valence-corrected chi connectivity index (χ4v) is 5.08. The summed E-state index contributed by atoms with van der Waals surface area (Å²) in [6, 6.07) is 10.2. The van der Waals surface area contributed by atoms with E-state index in [2.05, 4.69) is 17.0 Å². The molecule has 32 heavy (non-hydrogen) atoms. The maximum absolute atomic E-state index is 13.0. The number of hydrogen-bond acceptors (Lipinski definition) is 6. The molecule has 1 amide bonds. The molecule has 1 atom stereocenters. The van der Waals surface area contributed by atoms with Crippen molar-refractivity contribution in [3.05, 3.63) is 41.6 Å². The van der Waals surface area contributed by atoms with Gasteiger partial charge < -0.3 is 19.3 Å². The lowest BCUT2D eigenvalue weighted by Gasteiger charge is -2.35. The number of carbonyl (C=O) groups is 1. The number of rotatable bonds is 5. The van der Waals surface area contributed by atoms with Crippen LogP contribution < -0.4 is 4.90 Å². The molecular weight excluding hydrogens is 404 g/mol. The molecule has 0 saturated carbocycles. The molecule has 2 fully saturated rings. The molecule has 1 aromatic carbocycles. The maximum atomic E-state index is 13.0. The first-order valence-corrected chi connectivity index (χ1v) is 11.8. The van der Waals surface area contributed by atoms with Crippen molar-refractivity contribution < 1.29 is 14.3 Å². The number of hydrogen-bond donors (Lipinski definition) is 0. The zero-order chi connectivity index (χ0) is 21.9. The van der Waals surface area contributed by atoms with E-state index in [-0.39, 0.29) is 17.9 Å². The molecule has 7 nitrogen and oxygen atoms in total. The Bertz CT molecular complexity index is 938. The lowest BCUT2D eigenvalue weighted by molar-refractivity contribution is -0.140. The van der Waals surface area contributed by atoms with Crippen molar-refractivity contribution in [2.45, 2.75) is 38.2 Å². The van der Waals surface area contributed by atoms with E-state index in [4.69, 9.17) is 19.4 Å². The zero-order valence-electron chi connectivity index (χ0n) is 18.8. The number of amides is 1. The Morgan fingerprint density at radius 1 is 1.12 bits per heavy atom. The zero-order valence-corrected chi connectivity index (χ0v) is 18.8. The number of piperidine rings is 1. The second kappa shape index (κ2) is 9.55. The number of aryl methyl sites for hydroxylation is 1. The molecular formula is C25H32N4O3. The average molecular weight is 437 g/mol. The number of anilines is 1. The quantitative estimate of drug-likeness (QED) is 0.718. The van der Waals surface area contributed by atoms with Crippen LogP contribution in [0, 0.1) is 5.92 Å². The van der Waals surface area contributed by atoms with Crippen molar-refractivity contribution in [2.24, 2.45) is 5.92 Å². The molecule has 3 heterocycles. The van der Waals surface area contributed by atoms with Crippen LogP contribution in [0.5, 0.6) is 0 Å². The van der Waals surface area contributed by atoms with Crippen LogP contribution in [0.4, 0.5) is 5.82 Å². The molecule has 0 N–H and O–H groups in total. The average Bonchev–Trinajstić information content (AvgIpc) is 3.33. The minimum absolute atomic E-state index is 0.0159. The van der Waals surface area contributed by atoms with Crippen molar-refractivity contribution in [3.63, 3.8) is 0 Å². The molecule has 2 aliphatic heterocycles. The van der Waals surface area contributed by atoms with Gasteiger partial charge in [-0.15, -0.1) is 0 Å². The molecule has 170 valence electrons. The van der Waals surface area contributed by atoms with Crippen molar-refractivity contribution in [3.8, 4) is 11.4 Å². The first-order chi connectivity index (χ1) is 15.7. The highest BCUT2D eigenvalue weighted by Gasteiger charge is 2.31. The van der Waals surface area contributed by atoms with Crippen LogP contribution in [0.3, 0.4) is 0 Å². The first-order valence-electron chi connectivity index (χ1n) is 11.8. The highest BCUT2D eigenvalue weighted by Crippen LogP contribution is 2.33. The van der Waals surface area contributed by atoms with Crippen LogP contribution in [0.15, 0.2) is 30.3 Å². The minimum Gasteiger partial charge on any atom is -0.376 e. The third-order valence-electron chi connectivity index (χ3n) is 6.83. The molecule has 0 radical (unpaired) electrons. The monoisotopic (exact) mass is 436 g/mol. The van der Waals surface area contributed by atoms with Crippen LogP contribution in [-0.2, 0) is 27.1 Å². The summed E-state index contributed by atoms with van der Waals surface area (Å²) in [7, 11) is 1.89. The van der Waals surface area contributed by atoms with E-state index in [1.807, 2.05) is 30.1 Å². The van der Waals surface area contributed by atoms with E-state index >= 15 is 0 Å². The normalized spacial score (nSPS) is 21.4. The predicted molar refractivity (Wildman–Crippen MR) is 123 cm³/mol. The van der Waals surface area contributed by atoms with Crippen molar-refractivity contribution in [1.29, 1.82) is 0 Å². The Morgan fingerprint density at radius 2 is 1.94 bits per heavy atom. The van der Waals surface area contributed by atoms with Gasteiger partial charge in [-0.25, -0.2) is 9.97 Å². The number of carbonyl (C=O) groups excluding carboxylic acids is 1. The first kappa shape index (κ1) is 21.3. The summed E-state index contributed by atoms with van der Waals surface area (Å²) in [6.45, 7) is 4.12. The Morgan fingerprint density at radius 3 is 2.69 bits per heavy atom. The number of ether oxygens (including phenoxy) is 2. The predicted octanol–water partition coefficient (Wildman–Crippen LogP) is 2.72. The standard InChI is InChI=1S/C25H32N4O3/c1-28(16-20-17-31-14-15-32-20)25(30)19-10-12-29(13-11-19)24-21-8-5-9-22(21)26-23(27-24)18-6-3-2-4-7-18/h2-4,6-7,19-20H,5,8-17H2,1H3/t20-/m1/s1. The van der Waals surface area contributed by atoms with Gasteiger partial charge in [0.1, 0.15) is 5.82 Å². The Kier molecular flexibility index (Phi) is 6.37. The maximum Gasteiger partial charge on any atom is 0.225 e. The van der Waals surface area contributed by atoms with Gasteiger partial charge in [0.25, 0.3) is 0 Å². The number of fused-ring (bicyclic) bond motifs is 1. The Hall–Kier alpha value is -2.51. The molecule has 5 rings (SSSR count). The third-order valence-corrected chi connectivity index (χ3v) is 6.83. The molecule has 1 aliphatic carbocycles. The van der Waals surface area contributed by atoms with Crippen LogP contribution >= 0.6 is 0 Å². The van der Waals surface area contributed by atoms with Gasteiger partial charge in [0.05, 0.1) is 25.9 Å². The molecule has 0 spiro atoms. The molecule has 0 unspecified atom stereocenters. The topological polar surface area (TPSA) is 67.8 Å². The third kappa shape index (κ3) is 4.50. The van der Waals surface area contributed by atoms with E-state index in [1.165, 1.54) is 11.3 Å². The number of aromatic nitrogens is 2. The van der Waals surface area contributed by atoms with Crippen molar-refractivity contribution in [1.82, 2.24) is 14.9 Å². The van der Waals surface area contributed by atoms with E-state index in [0.29, 0.717) is 26.4 Å². The summed E-state index contributed by atoms with van der Waals surface area (Å²) < 4.78 is 11.2. The second-order valence-corrected chi connectivity index (χ2v) is 9.06. The Labute approximate surface area is 189 Å². The Balaban J connectivity index is 1.26. The van der Waals surface area contributed by atoms with E-state index in [9.17, 15) is 4.79 Å². The molecule has 3 aliphatic rings. The van der Waals surface area contributed by atoms with Gasteiger partial charge in [-0.3, -0.25) is 4.79 Å². The fourth-order valence-electron chi connectivity index (χ4n) is 5.08. The lowest BCUT2D eigenvalue weighted by Crippen LogP contribution is -2.45. The summed E-state index contributed by atoms with van der Waals surface area (Å²) in [5.41, 5.74) is 3.56. The largest absolute Gasteiger partial charge is 0.376 e. The second-order valence-electron chi connectivity index (χ2n) is 9.06. The minimum atomic E-state index is -0.0159. The van der Waals surface area contributed by atoms with Crippen LogP contribution in [0.25, 0.3) is 11.4 Å². The van der Waals surface area contributed by atoms with Gasteiger partial charge in [-0.1, -0.05) is 30.3 Å². The van der Waals surface area contributed by atoms with Crippen molar-refractivity contribution in [2.75, 3.05) is 51.4 Å². The van der Waals surface area contributed by atoms with Crippen molar-refractivity contribution >= 4 is 11.7 Å². The molecule has 0 bridgehead atoms. The summed E-state index contributed by atoms with van der Waals surface area (Å²) in [5, 5.41) is 0. The molecule has 1 aromatic heterocycles. The molecule has 7 heteroatoms. The molecule has 2 aromatic rings. The number of nitrogens with zero attached hydrogens (tertiary/aromatic N) is 4. The van der Waals surface area contributed by atoms with E-state index in [1.54, 1.807) is 0 Å². The lowest BCUT2D eigenvalue weighted by atomic mass is 9.95. The van der Waals surface area contributed by atoms with Gasteiger partial charge in [0.15, 0.2) is 5.82 Å². The summed E-state index contributed by atoms with van der Waals surface area (Å²) >= 11 is 0. The summed E-state index contributed by atoms with van der Waals surface area (Å²) in [6.07, 6.45) is 4.90. The van der Waals surface area contributed by atoms with Gasteiger partial charge >= 0.3 is 0 Å².